The zero-order chi connectivity index (χ0) is 8.84. The largest absolute Gasteiger partial charge is 0.0620 e. The lowest BCUT2D eigenvalue weighted by molar-refractivity contribution is 0.689. The maximum absolute atomic E-state index is 2.32. The number of hydrogen-bond acceptors (Lipinski definition) is 0. The third-order valence-electron chi connectivity index (χ3n) is 3.66. The number of hydrogen-bond donors (Lipinski definition) is 0. The van der Waals surface area contributed by atoms with Crippen molar-refractivity contribution < 1.29 is 0 Å². The molecule has 0 saturated heterocycles. The molecule has 0 N–H and O–H groups in total. The van der Waals surface area contributed by atoms with E-state index in [0.29, 0.717) is 0 Å². The van der Waals surface area contributed by atoms with Crippen LogP contribution >= 0.6 is 0 Å². The van der Waals surface area contributed by atoms with Crippen LogP contribution in [-0.4, -0.2) is 0 Å². The highest BCUT2D eigenvalue weighted by atomic mass is 14.5. The molecule has 13 heavy (non-hydrogen) atoms. The van der Waals surface area contributed by atoms with Crippen molar-refractivity contribution >= 4 is 0 Å². The maximum Gasteiger partial charge on any atom is -0.0125 e. The van der Waals surface area contributed by atoms with Gasteiger partial charge < -0.3 is 0 Å². The lowest BCUT2D eigenvalue weighted by Gasteiger charge is -2.03. The van der Waals surface area contributed by atoms with E-state index < -0.39 is 0 Å². The van der Waals surface area contributed by atoms with Gasteiger partial charge in [-0.15, -0.1) is 0 Å². The number of benzene rings is 1. The zero-order valence-electron chi connectivity index (χ0n) is 8.16. The molecular formula is C13H16. The van der Waals surface area contributed by atoms with E-state index in [9.17, 15) is 0 Å². The normalized spacial score (nSPS) is 31.8. The molecule has 0 heterocycles. The minimum absolute atomic E-state index is 0.925. The summed E-state index contributed by atoms with van der Waals surface area (Å²) < 4.78 is 0. The first-order valence-corrected chi connectivity index (χ1v) is 5.42. The van der Waals surface area contributed by atoms with E-state index in [0.717, 1.165) is 17.8 Å². The molecule has 3 rings (SSSR count). The van der Waals surface area contributed by atoms with Gasteiger partial charge in [-0.05, 0) is 55.1 Å². The van der Waals surface area contributed by atoms with Gasteiger partial charge in [0.05, 0.1) is 0 Å². The fourth-order valence-corrected chi connectivity index (χ4v) is 2.62. The van der Waals surface area contributed by atoms with Crippen molar-refractivity contribution in [3.8, 4) is 0 Å². The highest BCUT2D eigenvalue weighted by Gasteiger charge is 2.48. The first kappa shape index (κ1) is 7.61. The molecule has 0 bridgehead atoms. The molecule has 0 radical (unpaired) electrons. The molecular weight excluding hydrogens is 156 g/mol. The van der Waals surface area contributed by atoms with Crippen molar-refractivity contribution in [2.75, 3.05) is 0 Å². The van der Waals surface area contributed by atoms with Gasteiger partial charge in [0.15, 0.2) is 0 Å². The van der Waals surface area contributed by atoms with Crippen molar-refractivity contribution in [2.24, 2.45) is 11.8 Å². The fraction of sp³-hybridized carbons (Fsp3) is 0.538. The van der Waals surface area contributed by atoms with Crippen LogP contribution in [0.3, 0.4) is 0 Å². The zero-order valence-corrected chi connectivity index (χ0v) is 8.16. The monoisotopic (exact) mass is 172 g/mol. The van der Waals surface area contributed by atoms with Crippen molar-refractivity contribution in [3.05, 3.63) is 35.4 Å². The smallest absolute Gasteiger partial charge is 0.0125 e. The molecule has 2 aliphatic rings. The third-order valence-corrected chi connectivity index (χ3v) is 3.66. The van der Waals surface area contributed by atoms with Gasteiger partial charge in [0.2, 0.25) is 0 Å². The Bertz CT molecular complexity index is 323. The summed E-state index contributed by atoms with van der Waals surface area (Å²) in [7, 11) is 0. The van der Waals surface area contributed by atoms with E-state index >= 15 is 0 Å². The van der Waals surface area contributed by atoms with Crippen molar-refractivity contribution in [2.45, 2.75) is 32.1 Å². The lowest BCUT2D eigenvalue weighted by atomic mass is 10.0. The van der Waals surface area contributed by atoms with Gasteiger partial charge in [0.25, 0.3) is 0 Å². The summed E-state index contributed by atoms with van der Waals surface area (Å²) in [5, 5.41) is 0. The second kappa shape index (κ2) is 2.60. The molecule has 0 unspecified atom stereocenters. The van der Waals surface area contributed by atoms with Gasteiger partial charge in [0.1, 0.15) is 0 Å². The predicted octanol–water partition coefficient (Wildman–Crippen LogP) is 3.51. The molecule has 0 spiro atoms. The maximum atomic E-state index is 2.32. The van der Waals surface area contributed by atoms with Crippen LogP contribution in [0, 0.1) is 18.8 Å². The van der Waals surface area contributed by atoms with Crippen LogP contribution in [0.4, 0.5) is 0 Å². The summed E-state index contributed by atoms with van der Waals surface area (Å²) in [6, 6.07) is 8.90. The fourth-order valence-electron chi connectivity index (χ4n) is 2.62. The molecule has 0 aliphatic heterocycles. The molecule has 0 nitrogen and oxygen atoms in total. The van der Waals surface area contributed by atoms with E-state index in [-0.39, 0.29) is 0 Å². The predicted molar refractivity (Wildman–Crippen MR) is 54.8 cm³/mol. The first-order valence-electron chi connectivity index (χ1n) is 5.42. The van der Waals surface area contributed by atoms with Crippen LogP contribution in [0.2, 0.25) is 0 Å². The summed E-state index contributed by atoms with van der Waals surface area (Å²) in [5.74, 6) is 3.08. The van der Waals surface area contributed by atoms with Crippen molar-refractivity contribution in [1.29, 1.82) is 0 Å². The Balaban J connectivity index is 1.82. The summed E-state index contributed by atoms with van der Waals surface area (Å²) in [6.45, 7) is 2.25. The Morgan fingerprint density at radius 3 is 2.62 bits per heavy atom. The van der Waals surface area contributed by atoms with Gasteiger partial charge in [-0.25, -0.2) is 0 Å². The van der Waals surface area contributed by atoms with Crippen LogP contribution in [0.15, 0.2) is 24.3 Å². The third kappa shape index (κ3) is 1.29. The summed E-state index contributed by atoms with van der Waals surface area (Å²) >= 11 is 0. The molecule has 2 atom stereocenters. The Labute approximate surface area is 80.0 Å². The molecule has 2 saturated carbocycles. The molecule has 68 valence electrons. The Morgan fingerprint density at radius 1 is 1.15 bits per heavy atom. The Morgan fingerprint density at radius 2 is 1.92 bits per heavy atom. The standard InChI is InChI=1S/C13H16/c1-9-4-2-3-5-11(9)13-8-12(13)10-6-7-10/h2-5,10,12-13H,6-8H2,1H3/t12-,13-/m0/s1. The van der Waals surface area contributed by atoms with Crippen LogP contribution in [0.1, 0.15) is 36.3 Å². The van der Waals surface area contributed by atoms with Crippen molar-refractivity contribution in [1.82, 2.24) is 0 Å². The number of rotatable bonds is 2. The Kier molecular flexibility index (Phi) is 1.52. The highest BCUT2D eigenvalue weighted by molar-refractivity contribution is 5.34. The first-order chi connectivity index (χ1) is 6.36. The molecule has 1 aromatic rings. The van der Waals surface area contributed by atoms with E-state index in [1.165, 1.54) is 24.8 Å². The van der Waals surface area contributed by atoms with Crippen LogP contribution in [-0.2, 0) is 0 Å². The molecule has 2 aliphatic carbocycles. The lowest BCUT2D eigenvalue weighted by Crippen LogP contribution is -1.88. The number of aryl methyl sites for hydroxylation is 1. The average Bonchev–Trinajstić information content (AvgIpc) is 3.00. The summed E-state index contributed by atoms with van der Waals surface area (Å²) in [5.41, 5.74) is 3.12. The van der Waals surface area contributed by atoms with E-state index in [2.05, 4.69) is 31.2 Å². The van der Waals surface area contributed by atoms with E-state index in [1.54, 1.807) is 5.56 Å². The molecule has 2 fully saturated rings. The quantitative estimate of drug-likeness (QED) is 0.640. The Hall–Kier alpha value is -0.780. The van der Waals surface area contributed by atoms with E-state index in [1.807, 2.05) is 0 Å². The summed E-state index contributed by atoms with van der Waals surface area (Å²) in [4.78, 5) is 0. The van der Waals surface area contributed by atoms with Crippen LogP contribution in [0.25, 0.3) is 0 Å². The van der Waals surface area contributed by atoms with Crippen LogP contribution in [0.5, 0.6) is 0 Å². The van der Waals surface area contributed by atoms with Gasteiger partial charge in [-0.2, -0.15) is 0 Å². The molecule has 0 amide bonds. The molecule has 1 aromatic carbocycles. The minimum atomic E-state index is 0.925. The van der Waals surface area contributed by atoms with Gasteiger partial charge >= 0.3 is 0 Å². The SMILES string of the molecule is Cc1ccccc1[C@@H]1C[C@H]1C1CC1. The minimum Gasteiger partial charge on any atom is -0.0620 e. The van der Waals surface area contributed by atoms with Gasteiger partial charge in [-0.1, -0.05) is 24.3 Å². The van der Waals surface area contributed by atoms with Gasteiger partial charge in [0, 0.05) is 0 Å². The topological polar surface area (TPSA) is 0 Å². The molecule has 0 heteroatoms. The van der Waals surface area contributed by atoms with Crippen molar-refractivity contribution in [3.63, 3.8) is 0 Å². The average molecular weight is 172 g/mol. The second-order valence-corrected chi connectivity index (χ2v) is 4.70. The summed E-state index contributed by atoms with van der Waals surface area (Å²) in [6.07, 6.45) is 4.48. The van der Waals surface area contributed by atoms with E-state index in [4.69, 9.17) is 0 Å². The van der Waals surface area contributed by atoms with Gasteiger partial charge in [-0.3, -0.25) is 0 Å². The van der Waals surface area contributed by atoms with Crippen LogP contribution < -0.4 is 0 Å². The molecule has 0 aromatic heterocycles. The highest BCUT2D eigenvalue weighted by Crippen LogP contribution is 2.59. The second-order valence-electron chi connectivity index (χ2n) is 4.70.